The van der Waals surface area contributed by atoms with E-state index in [1.165, 1.54) is 6.20 Å². The van der Waals surface area contributed by atoms with Crippen LogP contribution in [-0.2, 0) is 21.1 Å². The number of aromatic nitrogens is 5. The first-order valence-electron chi connectivity index (χ1n) is 9.99. The Labute approximate surface area is 179 Å². The Kier molecular flexibility index (Phi) is 5.26. The predicted molar refractivity (Wildman–Crippen MR) is 113 cm³/mol. The molecule has 1 aliphatic rings. The molecule has 3 aromatic rings. The molecule has 3 aromatic heterocycles. The predicted octanol–water partition coefficient (Wildman–Crippen LogP) is 1.65. The van der Waals surface area contributed by atoms with Gasteiger partial charge in [0.05, 0.1) is 29.4 Å². The molecule has 31 heavy (non-hydrogen) atoms. The number of carbonyl (C=O) groups excluding carboxylic acids is 1. The molecule has 11 heteroatoms. The van der Waals surface area contributed by atoms with Gasteiger partial charge in [-0.2, -0.15) is 15.5 Å². The lowest BCUT2D eigenvalue weighted by atomic mass is 10.1. The number of aryl methyl sites for hydroxylation is 3. The van der Waals surface area contributed by atoms with E-state index < -0.39 is 9.84 Å². The summed E-state index contributed by atoms with van der Waals surface area (Å²) in [4.78, 5) is 17.2. The number of amides is 1. The van der Waals surface area contributed by atoms with Crippen molar-refractivity contribution >= 4 is 27.2 Å². The monoisotopic (exact) mass is 441 g/mol. The normalized spacial score (nSPS) is 17.7. The van der Waals surface area contributed by atoms with E-state index >= 15 is 0 Å². The molecule has 1 amide bonds. The highest BCUT2D eigenvalue weighted by Crippen LogP contribution is 2.27. The molecule has 4 rings (SSSR count). The Morgan fingerprint density at radius 1 is 1.35 bits per heavy atom. The van der Waals surface area contributed by atoms with Gasteiger partial charge in [-0.25, -0.2) is 22.6 Å². The Morgan fingerprint density at radius 3 is 2.81 bits per heavy atom. The van der Waals surface area contributed by atoms with Gasteiger partial charge in [-0.1, -0.05) is 0 Å². The lowest BCUT2D eigenvalue weighted by Gasteiger charge is -2.14. The highest BCUT2D eigenvalue weighted by atomic mass is 32.2. The fourth-order valence-electron chi connectivity index (χ4n) is 4.05. The van der Waals surface area contributed by atoms with Crippen molar-refractivity contribution in [3.8, 4) is 6.07 Å². The number of hydrogen-bond donors (Lipinski definition) is 1. The summed E-state index contributed by atoms with van der Waals surface area (Å²) in [5.41, 5.74) is 4.14. The highest BCUT2D eigenvalue weighted by Gasteiger charge is 2.31. The Bertz CT molecular complexity index is 1330. The van der Waals surface area contributed by atoms with E-state index in [0.717, 1.165) is 17.0 Å². The first-order valence-corrected chi connectivity index (χ1v) is 11.8. The molecule has 1 saturated heterocycles. The van der Waals surface area contributed by atoms with Crippen LogP contribution in [0, 0.1) is 32.1 Å². The Balaban J connectivity index is 1.49. The van der Waals surface area contributed by atoms with Crippen molar-refractivity contribution in [3.63, 3.8) is 0 Å². The van der Waals surface area contributed by atoms with Gasteiger partial charge in [0.2, 0.25) is 5.91 Å². The summed E-state index contributed by atoms with van der Waals surface area (Å²) in [6, 6.07) is 3.57. The van der Waals surface area contributed by atoms with E-state index in [9.17, 15) is 18.5 Å². The van der Waals surface area contributed by atoms with Crippen LogP contribution in [0.4, 0.5) is 5.82 Å². The molecule has 1 unspecified atom stereocenters. The van der Waals surface area contributed by atoms with Gasteiger partial charge in [0.15, 0.2) is 15.5 Å². The fourth-order valence-corrected chi connectivity index (χ4v) is 5.74. The van der Waals surface area contributed by atoms with E-state index in [0.29, 0.717) is 35.6 Å². The minimum Gasteiger partial charge on any atom is -0.311 e. The maximum absolute atomic E-state index is 12.7. The maximum atomic E-state index is 12.7. The van der Waals surface area contributed by atoms with Crippen molar-refractivity contribution in [2.75, 3.05) is 16.8 Å². The third kappa shape index (κ3) is 4.03. The van der Waals surface area contributed by atoms with Gasteiger partial charge in [-0.05, 0) is 39.2 Å². The molecule has 0 spiro atoms. The molecule has 1 fully saturated rings. The number of nitriles is 1. The van der Waals surface area contributed by atoms with Gasteiger partial charge in [0, 0.05) is 23.9 Å². The van der Waals surface area contributed by atoms with Gasteiger partial charge in [0.25, 0.3) is 0 Å². The maximum Gasteiger partial charge on any atom is 0.225 e. The van der Waals surface area contributed by atoms with Crippen LogP contribution in [0.3, 0.4) is 0 Å². The summed E-state index contributed by atoms with van der Waals surface area (Å²) in [7, 11) is -3.06. The van der Waals surface area contributed by atoms with Crippen molar-refractivity contribution in [1.29, 1.82) is 5.26 Å². The average Bonchev–Trinajstić information content (AvgIpc) is 3.37. The second kappa shape index (κ2) is 7.77. The number of carbonyl (C=O) groups is 1. The van der Waals surface area contributed by atoms with Crippen LogP contribution in [-0.4, -0.2) is 50.2 Å². The van der Waals surface area contributed by atoms with Crippen LogP contribution in [0.1, 0.15) is 47.1 Å². The second-order valence-electron chi connectivity index (χ2n) is 7.89. The molecular weight excluding hydrogens is 418 g/mol. The lowest BCUT2D eigenvalue weighted by molar-refractivity contribution is -0.116. The zero-order chi connectivity index (χ0) is 22.3. The van der Waals surface area contributed by atoms with E-state index in [1.807, 2.05) is 20.8 Å². The highest BCUT2D eigenvalue weighted by molar-refractivity contribution is 7.91. The average molecular weight is 442 g/mol. The standard InChI is InChI=1S/C20H23N7O3S/c1-12-8-18(27(25-12)16-6-7-31(29,30)11-16)24-19(28)5-4-17-13(2)23-20-15(9-21)10-22-26(20)14(17)3/h8,10,16H,4-7,11H2,1-3H3,(H,24,28). The number of nitrogens with one attached hydrogen (secondary N) is 1. The van der Waals surface area contributed by atoms with Gasteiger partial charge in [0.1, 0.15) is 17.5 Å². The van der Waals surface area contributed by atoms with Gasteiger partial charge in [-0.3, -0.25) is 4.79 Å². The largest absolute Gasteiger partial charge is 0.311 e. The number of nitrogens with zero attached hydrogens (tertiary/aromatic N) is 6. The quantitative estimate of drug-likeness (QED) is 0.636. The summed E-state index contributed by atoms with van der Waals surface area (Å²) < 4.78 is 26.9. The van der Waals surface area contributed by atoms with Crippen molar-refractivity contribution in [2.24, 2.45) is 0 Å². The molecule has 1 aliphatic heterocycles. The Hall–Kier alpha value is -3.26. The van der Waals surface area contributed by atoms with Gasteiger partial charge in [-0.15, -0.1) is 0 Å². The van der Waals surface area contributed by atoms with Crippen LogP contribution in [0.2, 0.25) is 0 Å². The lowest BCUT2D eigenvalue weighted by Crippen LogP contribution is -2.20. The summed E-state index contributed by atoms with van der Waals surface area (Å²) in [5.74, 6) is 0.491. The summed E-state index contributed by atoms with van der Waals surface area (Å²) in [6.45, 7) is 5.55. The van der Waals surface area contributed by atoms with Crippen LogP contribution >= 0.6 is 0 Å². The molecule has 4 heterocycles. The number of sulfone groups is 1. The third-order valence-corrected chi connectivity index (χ3v) is 7.36. The SMILES string of the molecule is Cc1cc(NC(=O)CCc2c(C)nc3c(C#N)cnn3c2C)n(C2CCS(=O)(=O)C2)n1. The molecule has 0 radical (unpaired) electrons. The Morgan fingerprint density at radius 2 is 2.13 bits per heavy atom. The number of anilines is 1. The molecule has 0 bridgehead atoms. The summed E-state index contributed by atoms with van der Waals surface area (Å²) in [5, 5.41) is 20.7. The summed E-state index contributed by atoms with van der Waals surface area (Å²) >= 11 is 0. The number of hydrogen-bond acceptors (Lipinski definition) is 7. The van der Waals surface area contributed by atoms with Crippen LogP contribution in [0.15, 0.2) is 12.3 Å². The van der Waals surface area contributed by atoms with Gasteiger partial charge >= 0.3 is 0 Å². The number of rotatable bonds is 5. The summed E-state index contributed by atoms with van der Waals surface area (Å²) in [6.07, 6.45) is 2.65. The van der Waals surface area contributed by atoms with Crippen molar-refractivity contribution in [2.45, 2.75) is 46.1 Å². The van der Waals surface area contributed by atoms with E-state index in [-0.39, 0.29) is 29.9 Å². The van der Waals surface area contributed by atoms with E-state index in [4.69, 9.17) is 0 Å². The zero-order valence-electron chi connectivity index (χ0n) is 17.6. The first kappa shape index (κ1) is 21.0. The smallest absolute Gasteiger partial charge is 0.225 e. The molecule has 1 N–H and O–H groups in total. The molecular formula is C20H23N7O3S. The fraction of sp³-hybridized carbons (Fsp3) is 0.450. The third-order valence-electron chi connectivity index (χ3n) is 5.61. The van der Waals surface area contributed by atoms with Crippen molar-refractivity contribution < 1.29 is 13.2 Å². The van der Waals surface area contributed by atoms with Crippen LogP contribution in [0.5, 0.6) is 0 Å². The zero-order valence-corrected chi connectivity index (χ0v) is 18.4. The first-order chi connectivity index (χ1) is 14.7. The molecule has 10 nitrogen and oxygen atoms in total. The molecule has 0 aliphatic carbocycles. The van der Waals surface area contributed by atoms with Crippen LogP contribution in [0.25, 0.3) is 5.65 Å². The van der Waals surface area contributed by atoms with Crippen molar-refractivity contribution in [3.05, 3.63) is 40.5 Å². The molecule has 0 aromatic carbocycles. The minimum atomic E-state index is -3.06. The van der Waals surface area contributed by atoms with E-state index in [1.54, 1.807) is 15.3 Å². The van der Waals surface area contributed by atoms with Crippen LogP contribution < -0.4 is 5.32 Å². The molecule has 0 saturated carbocycles. The van der Waals surface area contributed by atoms with E-state index in [2.05, 4.69) is 26.6 Å². The molecule has 1 atom stereocenters. The minimum absolute atomic E-state index is 0.0373. The van der Waals surface area contributed by atoms with Crippen molar-refractivity contribution in [1.82, 2.24) is 24.4 Å². The second-order valence-corrected chi connectivity index (χ2v) is 10.1. The number of fused-ring (bicyclic) bond motifs is 1. The molecule has 162 valence electrons. The topological polar surface area (TPSA) is 135 Å². The van der Waals surface area contributed by atoms with Gasteiger partial charge < -0.3 is 5.32 Å².